The molecule has 0 amide bonds. The first-order valence-electron chi connectivity index (χ1n) is 8.56. The predicted molar refractivity (Wildman–Crippen MR) is 102 cm³/mol. The molecule has 0 saturated carbocycles. The number of ketones is 1. The Morgan fingerprint density at radius 2 is 1.57 bits per heavy atom. The van der Waals surface area contributed by atoms with Crippen LogP contribution in [0.3, 0.4) is 0 Å². The van der Waals surface area contributed by atoms with E-state index in [1.54, 1.807) is 67.8 Å². The molecule has 142 valence electrons. The van der Waals surface area contributed by atoms with Crippen LogP contribution < -0.4 is 4.74 Å². The lowest BCUT2D eigenvalue weighted by Crippen LogP contribution is -2.24. The zero-order chi connectivity index (χ0) is 20.1. The quantitative estimate of drug-likeness (QED) is 0.348. The van der Waals surface area contributed by atoms with Gasteiger partial charge in [-0.25, -0.2) is 4.79 Å². The number of carbonyl (C=O) groups is 3. The highest BCUT2D eigenvalue weighted by Crippen LogP contribution is 2.22. The largest absolute Gasteiger partial charge is 0.497 e. The summed E-state index contributed by atoms with van der Waals surface area (Å²) in [5, 5.41) is 0. The van der Waals surface area contributed by atoms with Crippen molar-refractivity contribution in [3.63, 3.8) is 0 Å². The summed E-state index contributed by atoms with van der Waals surface area (Å²) in [5.74, 6) is 0.478. The number of aldehydes is 1. The van der Waals surface area contributed by atoms with Gasteiger partial charge in [-0.05, 0) is 55.5 Å². The average Bonchev–Trinajstić information content (AvgIpc) is 3.22. The first kappa shape index (κ1) is 19.1. The van der Waals surface area contributed by atoms with Crippen molar-refractivity contribution in [3.8, 4) is 17.1 Å². The van der Waals surface area contributed by atoms with Gasteiger partial charge in [0.2, 0.25) is 5.78 Å². The second kappa shape index (κ2) is 8.35. The van der Waals surface area contributed by atoms with Crippen molar-refractivity contribution in [2.45, 2.75) is 13.0 Å². The van der Waals surface area contributed by atoms with Crippen molar-refractivity contribution < 1.29 is 28.3 Å². The maximum absolute atomic E-state index is 12.4. The van der Waals surface area contributed by atoms with Gasteiger partial charge in [-0.3, -0.25) is 9.59 Å². The summed E-state index contributed by atoms with van der Waals surface area (Å²) in [6.45, 7) is 1.53. The molecule has 28 heavy (non-hydrogen) atoms. The van der Waals surface area contributed by atoms with Crippen LogP contribution in [0.4, 0.5) is 0 Å². The molecular weight excluding hydrogens is 360 g/mol. The summed E-state index contributed by atoms with van der Waals surface area (Å²) in [4.78, 5) is 35.4. The summed E-state index contributed by atoms with van der Waals surface area (Å²) < 4.78 is 15.7. The van der Waals surface area contributed by atoms with E-state index in [0.717, 1.165) is 0 Å². The molecule has 0 aliphatic carbocycles. The van der Waals surface area contributed by atoms with Gasteiger partial charge in [0, 0.05) is 11.1 Å². The van der Waals surface area contributed by atoms with E-state index in [4.69, 9.17) is 13.9 Å². The SMILES string of the molecule is COc1ccc(C(=O)C(C)OC(=O)c2ccc(-c3ccc(C=O)o3)cc2)cc1. The van der Waals surface area contributed by atoms with E-state index in [-0.39, 0.29) is 11.5 Å². The highest BCUT2D eigenvalue weighted by Gasteiger charge is 2.20. The Kier molecular flexibility index (Phi) is 5.69. The molecule has 6 heteroatoms. The van der Waals surface area contributed by atoms with Crippen LogP contribution in [-0.4, -0.2) is 31.3 Å². The topological polar surface area (TPSA) is 82.8 Å². The van der Waals surface area contributed by atoms with Crippen molar-refractivity contribution in [3.05, 3.63) is 77.6 Å². The maximum atomic E-state index is 12.4. The Balaban J connectivity index is 1.66. The van der Waals surface area contributed by atoms with Crippen molar-refractivity contribution in [2.24, 2.45) is 0 Å². The van der Waals surface area contributed by atoms with Crippen LogP contribution in [0.5, 0.6) is 5.75 Å². The molecule has 0 saturated heterocycles. The normalized spacial score (nSPS) is 11.5. The molecule has 1 atom stereocenters. The Morgan fingerprint density at radius 1 is 0.929 bits per heavy atom. The van der Waals surface area contributed by atoms with Crippen LogP contribution in [0.2, 0.25) is 0 Å². The van der Waals surface area contributed by atoms with Gasteiger partial charge >= 0.3 is 5.97 Å². The standard InChI is InChI=1S/C22H18O6/c1-14(21(24)16-7-9-18(26-2)10-8-16)27-22(25)17-5-3-15(4-6-17)20-12-11-19(13-23)28-20/h3-14H,1-2H3. The molecule has 2 aromatic carbocycles. The number of hydrogen-bond donors (Lipinski definition) is 0. The number of esters is 1. The van der Waals surface area contributed by atoms with Crippen LogP contribution in [0.1, 0.15) is 38.2 Å². The van der Waals surface area contributed by atoms with Crippen LogP contribution >= 0.6 is 0 Å². The summed E-state index contributed by atoms with van der Waals surface area (Å²) in [7, 11) is 1.54. The molecule has 0 fully saturated rings. The molecule has 0 radical (unpaired) electrons. The number of benzene rings is 2. The Morgan fingerprint density at radius 3 is 2.14 bits per heavy atom. The van der Waals surface area contributed by atoms with Crippen molar-refractivity contribution in [1.82, 2.24) is 0 Å². The van der Waals surface area contributed by atoms with Gasteiger partial charge in [0.25, 0.3) is 0 Å². The zero-order valence-corrected chi connectivity index (χ0v) is 15.4. The van der Waals surface area contributed by atoms with E-state index in [1.807, 2.05) is 0 Å². The molecule has 3 rings (SSSR count). The molecule has 1 heterocycles. The molecule has 0 aliphatic heterocycles. The summed E-state index contributed by atoms with van der Waals surface area (Å²) >= 11 is 0. The van der Waals surface area contributed by atoms with Crippen molar-refractivity contribution in [1.29, 1.82) is 0 Å². The maximum Gasteiger partial charge on any atom is 0.338 e. The van der Waals surface area contributed by atoms with E-state index in [9.17, 15) is 14.4 Å². The molecule has 1 unspecified atom stereocenters. The number of hydrogen-bond acceptors (Lipinski definition) is 6. The highest BCUT2D eigenvalue weighted by atomic mass is 16.5. The molecule has 0 aliphatic rings. The van der Waals surface area contributed by atoms with Gasteiger partial charge < -0.3 is 13.9 Å². The monoisotopic (exact) mass is 378 g/mol. The van der Waals surface area contributed by atoms with Gasteiger partial charge in [-0.2, -0.15) is 0 Å². The second-order valence-corrected chi connectivity index (χ2v) is 6.04. The van der Waals surface area contributed by atoms with Crippen LogP contribution in [0, 0.1) is 0 Å². The Bertz CT molecular complexity index is 983. The summed E-state index contributed by atoms with van der Waals surface area (Å²) in [6, 6.07) is 16.3. The van der Waals surface area contributed by atoms with Gasteiger partial charge in [-0.15, -0.1) is 0 Å². The third-order valence-electron chi connectivity index (χ3n) is 4.18. The summed E-state index contributed by atoms with van der Waals surface area (Å²) in [6.07, 6.45) is -0.308. The molecular formula is C22H18O6. The van der Waals surface area contributed by atoms with Gasteiger partial charge in [0.05, 0.1) is 12.7 Å². The molecule has 6 nitrogen and oxygen atoms in total. The fourth-order valence-corrected chi connectivity index (χ4v) is 2.61. The third kappa shape index (κ3) is 4.17. The predicted octanol–water partition coefficient (Wildman–Crippen LogP) is 4.20. The smallest absolute Gasteiger partial charge is 0.338 e. The lowest BCUT2D eigenvalue weighted by molar-refractivity contribution is 0.0319. The highest BCUT2D eigenvalue weighted by molar-refractivity contribution is 6.01. The first-order chi connectivity index (χ1) is 13.5. The van der Waals surface area contributed by atoms with E-state index >= 15 is 0 Å². The number of methoxy groups -OCH3 is 1. The second-order valence-electron chi connectivity index (χ2n) is 6.04. The van der Waals surface area contributed by atoms with E-state index in [1.165, 1.54) is 6.92 Å². The van der Waals surface area contributed by atoms with E-state index in [0.29, 0.717) is 34.5 Å². The molecule has 0 bridgehead atoms. The number of Topliss-reactive ketones (excluding diaryl/α,β-unsaturated/α-hetero) is 1. The number of ether oxygens (including phenoxy) is 2. The number of rotatable bonds is 7. The number of furan rings is 1. The van der Waals surface area contributed by atoms with E-state index < -0.39 is 12.1 Å². The fraction of sp³-hybridized carbons (Fsp3) is 0.136. The Hall–Kier alpha value is -3.67. The molecule has 0 N–H and O–H groups in total. The van der Waals surface area contributed by atoms with E-state index in [2.05, 4.69) is 0 Å². The minimum absolute atomic E-state index is 0.226. The number of carbonyl (C=O) groups excluding carboxylic acids is 3. The van der Waals surface area contributed by atoms with Crippen molar-refractivity contribution in [2.75, 3.05) is 7.11 Å². The molecule has 3 aromatic rings. The zero-order valence-electron chi connectivity index (χ0n) is 15.4. The lowest BCUT2D eigenvalue weighted by Gasteiger charge is -2.13. The van der Waals surface area contributed by atoms with Crippen LogP contribution in [-0.2, 0) is 4.74 Å². The lowest BCUT2D eigenvalue weighted by atomic mass is 10.1. The Labute approximate surface area is 161 Å². The minimum atomic E-state index is -0.930. The molecule has 0 spiro atoms. The average molecular weight is 378 g/mol. The third-order valence-corrected chi connectivity index (χ3v) is 4.18. The van der Waals surface area contributed by atoms with Gasteiger partial charge in [0.15, 0.2) is 18.2 Å². The fourth-order valence-electron chi connectivity index (χ4n) is 2.61. The first-order valence-corrected chi connectivity index (χ1v) is 8.56. The minimum Gasteiger partial charge on any atom is -0.497 e. The van der Waals surface area contributed by atoms with Crippen LogP contribution in [0.15, 0.2) is 65.1 Å². The van der Waals surface area contributed by atoms with Gasteiger partial charge in [-0.1, -0.05) is 12.1 Å². The molecule has 1 aromatic heterocycles. The summed E-state index contributed by atoms with van der Waals surface area (Å²) in [5.41, 5.74) is 1.45. The van der Waals surface area contributed by atoms with Gasteiger partial charge in [0.1, 0.15) is 11.5 Å². The van der Waals surface area contributed by atoms with Crippen molar-refractivity contribution >= 4 is 18.0 Å². The van der Waals surface area contributed by atoms with Crippen LogP contribution in [0.25, 0.3) is 11.3 Å².